The molecular weight excluding hydrogens is 322 g/mol. The van der Waals surface area contributed by atoms with Crippen LogP contribution in [0.4, 0.5) is 5.82 Å². The van der Waals surface area contributed by atoms with Crippen molar-refractivity contribution in [2.24, 2.45) is 0 Å². The fourth-order valence-corrected chi connectivity index (χ4v) is 2.25. The summed E-state index contributed by atoms with van der Waals surface area (Å²) in [5, 5.41) is 8.75. The van der Waals surface area contributed by atoms with Crippen LogP contribution >= 0.6 is 0 Å². The minimum atomic E-state index is -0.395. The molecule has 2 aromatic heterocycles. The molecule has 0 radical (unpaired) electrons. The van der Waals surface area contributed by atoms with Crippen LogP contribution in [0.3, 0.4) is 0 Å². The number of hydrogen-bond donors (Lipinski definition) is 2. The molecule has 0 aliphatic heterocycles. The number of carbonyl (C=O) groups excluding carboxylic acids is 2. The first-order chi connectivity index (χ1) is 11.9. The van der Waals surface area contributed by atoms with Crippen molar-refractivity contribution in [1.29, 1.82) is 0 Å². The van der Waals surface area contributed by atoms with Crippen molar-refractivity contribution in [2.45, 2.75) is 20.8 Å². The molecule has 0 saturated carbocycles. The van der Waals surface area contributed by atoms with Crippen molar-refractivity contribution < 1.29 is 14.1 Å². The fourth-order valence-electron chi connectivity index (χ4n) is 2.25. The van der Waals surface area contributed by atoms with Gasteiger partial charge in [-0.05, 0) is 39.0 Å². The third-order valence-corrected chi connectivity index (χ3v) is 3.64. The van der Waals surface area contributed by atoms with Crippen LogP contribution in [0.5, 0.6) is 0 Å². The van der Waals surface area contributed by atoms with Gasteiger partial charge < -0.3 is 15.2 Å². The molecule has 0 unspecified atom stereocenters. The van der Waals surface area contributed by atoms with Gasteiger partial charge in [0.2, 0.25) is 5.91 Å². The number of nitrogens with one attached hydrogen (secondary N) is 2. The van der Waals surface area contributed by atoms with E-state index >= 15 is 0 Å². The number of rotatable bonds is 4. The van der Waals surface area contributed by atoms with E-state index in [1.165, 1.54) is 0 Å². The van der Waals surface area contributed by atoms with Crippen molar-refractivity contribution in [2.75, 3.05) is 11.9 Å². The first kappa shape index (κ1) is 16.6. The summed E-state index contributed by atoms with van der Waals surface area (Å²) >= 11 is 0. The number of aryl methyl sites for hydroxylation is 3. The van der Waals surface area contributed by atoms with E-state index in [9.17, 15) is 9.59 Å². The molecule has 2 amide bonds. The van der Waals surface area contributed by atoms with Gasteiger partial charge in [-0.15, -0.1) is 0 Å². The van der Waals surface area contributed by atoms with Crippen LogP contribution in [-0.4, -0.2) is 33.5 Å². The summed E-state index contributed by atoms with van der Waals surface area (Å²) in [5.74, 6) is 0.132. The van der Waals surface area contributed by atoms with Crippen molar-refractivity contribution in [1.82, 2.24) is 20.4 Å². The Morgan fingerprint density at radius 1 is 1.04 bits per heavy atom. The van der Waals surface area contributed by atoms with Crippen LogP contribution in [0.25, 0.3) is 11.0 Å². The molecule has 8 heteroatoms. The van der Waals surface area contributed by atoms with Crippen molar-refractivity contribution in [3.63, 3.8) is 0 Å². The van der Waals surface area contributed by atoms with Gasteiger partial charge in [0.05, 0.1) is 29.0 Å². The van der Waals surface area contributed by atoms with Gasteiger partial charge in [0.15, 0.2) is 5.82 Å². The second kappa shape index (κ2) is 6.68. The summed E-state index contributed by atoms with van der Waals surface area (Å²) in [6.45, 7) is 5.29. The number of amides is 2. The second-order valence-electron chi connectivity index (χ2n) is 5.65. The van der Waals surface area contributed by atoms with Crippen LogP contribution < -0.4 is 10.6 Å². The van der Waals surface area contributed by atoms with Crippen LogP contribution in [0.2, 0.25) is 0 Å². The third kappa shape index (κ3) is 3.79. The molecule has 0 fully saturated rings. The lowest BCUT2D eigenvalue weighted by molar-refractivity contribution is -0.115. The normalized spacial score (nSPS) is 10.7. The summed E-state index contributed by atoms with van der Waals surface area (Å²) in [6.07, 6.45) is 0. The molecule has 0 spiro atoms. The molecule has 3 rings (SSSR count). The fraction of sp³-hybridized carbons (Fsp3) is 0.235. The van der Waals surface area contributed by atoms with Gasteiger partial charge >= 0.3 is 0 Å². The highest BCUT2D eigenvalue weighted by atomic mass is 16.5. The molecule has 3 aromatic rings. The molecule has 25 heavy (non-hydrogen) atoms. The molecule has 0 aliphatic rings. The van der Waals surface area contributed by atoms with E-state index in [0.717, 1.165) is 16.9 Å². The largest absolute Gasteiger partial charge is 0.360 e. The zero-order valence-corrected chi connectivity index (χ0v) is 14.1. The Labute approximate surface area is 143 Å². The molecule has 8 nitrogen and oxygen atoms in total. The zero-order chi connectivity index (χ0) is 18.0. The Hall–Kier alpha value is -3.29. The average molecular weight is 339 g/mol. The predicted octanol–water partition coefficient (Wildman–Crippen LogP) is 1.91. The summed E-state index contributed by atoms with van der Waals surface area (Å²) in [7, 11) is 0. The van der Waals surface area contributed by atoms with E-state index in [2.05, 4.69) is 25.8 Å². The smallest absolute Gasteiger partial charge is 0.251 e. The molecule has 2 N–H and O–H groups in total. The maximum absolute atomic E-state index is 12.2. The molecule has 128 valence electrons. The van der Waals surface area contributed by atoms with Gasteiger partial charge in [0.25, 0.3) is 5.91 Å². The summed E-state index contributed by atoms with van der Waals surface area (Å²) < 4.78 is 4.85. The third-order valence-electron chi connectivity index (χ3n) is 3.64. The Morgan fingerprint density at radius 3 is 2.44 bits per heavy atom. The lowest BCUT2D eigenvalue weighted by Crippen LogP contribution is -2.32. The highest BCUT2D eigenvalue weighted by Gasteiger charge is 2.11. The van der Waals surface area contributed by atoms with E-state index in [1.54, 1.807) is 31.2 Å². The Bertz CT molecular complexity index is 964. The highest BCUT2D eigenvalue weighted by molar-refractivity contribution is 6.00. The van der Waals surface area contributed by atoms with Crippen LogP contribution in [0.1, 0.15) is 27.5 Å². The van der Waals surface area contributed by atoms with Crippen LogP contribution in [-0.2, 0) is 4.79 Å². The molecule has 1 aromatic carbocycles. The second-order valence-corrected chi connectivity index (χ2v) is 5.65. The topological polar surface area (TPSA) is 110 Å². The van der Waals surface area contributed by atoms with E-state index in [-0.39, 0.29) is 12.5 Å². The van der Waals surface area contributed by atoms with Gasteiger partial charge in [-0.25, -0.2) is 9.97 Å². The number of nitrogens with zero attached hydrogens (tertiary/aromatic N) is 3. The lowest BCUT2D eigenvalue weighted by atomic mass is 10.1. The molecule has 0 saturated heterocycles. The van der Waals surface area contributed by atoms with E-state index in [4.69, 9.17) is 4.52 Å². The van der Waals surface area contributed by atoms with Crippen LogP contribution in [0.15, 0.2) is 28.8 Å². The number of anilines is 1. The van der Waals surface area contributed by atoms with Gasteiger partial charge in [0.1, 0.15) is 5.76 Å². The maximum Gasteiger partial charge on any atom is 0.251 e. The van der Waals surface area contributed by atoms with E-state index in [0.29, 0.717) is 22.7 Å². The van der Waals surface area contributed by atoms with Crippen LogP contribution in [0, 0.1) is 20.8 Å². The number of fused-ring (bicyclic) bond motifs is 1. The van der Waals surface area contributed by atoms with Gasteiger partial charge in [-0.1, -0.05) is 5.16 Å². The molecule has 0 bridgehead atoms. The number of benzene rings is 1. The van der Waals surface area contributed by atoms with E-state index in [1.807, 2.05) is 13.8 Å². The van der Waals surface area contributed by atoms with Gasteiger partial charge in [-0.3, -0.25) is 9.59 Å². The van der Waals surface area contributed by atoms with Crippen molar-refractivity contribution in [3.05, 3.63) is 47.0 Å². The lowest BCUT2D eigenvalue weighted by Gasteiger charge is -2.07. The Balaban J connectivity index is 1.65. The Morgan fingerprint density at radius 2 is 1.76 bits per heavy atom. The first-order valence-electron chi connectivity index (χ1n) is 7.69. The van der Waals surface area contributed by atoms with Gasteiger partial charge in [-0.2, -0.15) is 0 Å². The van der Waals surface area contributed by atoms with Crippen molar-refractivity contribution in [3.8, 4) is 0 Å². The number of hydrogen-bond acceptors (Lipinski definition) is 6. The first-order valence-corrected chi connectivity index (χ1v) is 7.69. The minimum Gasteiger partial charge on any atom is -0.360 e. The highest BCUT2D eigenvalue weighted by Crippen LogP contribution is 2.14. The average Bonchev–Trinajstić information content (AvgIpc) is 2.98. The van der Waals surface area contributed by atoms with Gasteiger partial charge in [0, 0.05) is 11.6 Å². The van der Waals surface area contributed by atoms with E-state index < -0.39 is 5.91 Å². The monoisotopic (exact) mass is 339 g/mol. The predicted molar refractivity (Wildman–Crippen MR) is 91.2 cm³/mol. The quantitative estimate of drug-likeness (QED) is 0.751. The Kier molecular flexibility index (Phi) is 4.42. The summed E-state index contributed by atoms with van der Waals surface area (Å²) in [5.41, 5.74) is 3.43. The molecule has 2 heterocycles. The standard InChI is InChI=1S/C17H17N5O3/c1-9-6-15(22-25-9)21-16(23)8-18-17(24)12-4-5-13-14(7-12)20-11(3)10(2)19-13/h4-7H,8H2,1-3H3,(H,18,24)(H,21,22,23). The number of carbonyl (C=O) groups is 2. The summed E-state index contributed by atoms with van der Waals surface area (Å²) in [6, 6.07) is 6.64. The number of aromatic nitrogens is 3. The zero-order valence-electron chi connectivity index (χ0n) is 14.1. The molecular formula is C17H17N5O3. The maximum atomic E-state index is 12.2. The SMILES string of the molecule is Cc1cc(NC(=O)CNC(=O)c2ccc3nc(C)c(C)nc3c2)no1. The summed E-state index contributed by atoms with van der Waals surface area (Å²) in [4.78, 5) is 32.9. The molecule has 0 aliphatic carbocycles. The van der Waals surface area contributed by atoms with Crippen molar-refractivity contribution >= 4 is 28.7 Å². The minimum absolute atomic E-state index is 0.179. The molecule has 0 atom stereocenters.